The van der Waals surface area contributed by atoms with E-state index in [1.165, 1.54) is 24.9 Å². The normalized spacial score (nSPS) is 22.2. The quantitative estimate of drug-likeness (QED) is 0.623. The molecule has 0 aliphatic heterocycles. The molecule has 1 fully saturated rings. The molecule has 1 aliphatic rings. The van der Waals surface area contributed by atoms with E-state index >= 15 is 0 Å². The van der Waals surface area contributed by atoms with E-state index in [2.05, 4.69) is 36.3 Å². The van der Waals surface area contributed by atoms with Gasteiger partial charge in [0.05, 0.1) is 7.11 Å². The van der Waals surface area contributed by atoms with Crippen LogP contribution in [0.25, 0.3) is 0 Å². The van der Waals surface area contributed by atoms with Crippen molar-refractivity contribution >= 4 is 11.7 Å². The highest BCUT2D eigenvalue weighted by molar-refractivity contribution is 5.96. The number of pyridine rings is 1. The molecule has 1 aromatic carbocycles. The Morgan fingerprint density at radius 2 is 1.88 bits per heavy atom. The van der Waals surface area contributed by atoms with Crippen molar-refractivity contribution < 1.29 is 19.4 Å². The molecule has 3 rings (SSSR count). The standard InChI is InChI=1S/C26H34N2O4/c1-25(2)15-19(28-24(31)22-23(30)20(32-4)13-14-27-22)16-26(3,17-25)21(29)12-8-11-18-9-6-5-7-10-18/h5-7,9-10,13-14,19,30H,8,11-12,15-17H2,1-4H3,(H,28,31). The van der Waals surface area contributed by atoms with Gasteiger partial charge in [0.1, 0.15) is 5.78 Å². The van der Waals surface area contributed by atoms with Crippen LogP contribution in [0.4, 0.5) is 0 Å². The number of Topliss-reactive ketones (excluding diaryl/α,β-unsaturated/α-hetero) is 1. The minimum Gasteiger partial charge on any atom is -0.503 e. The average molecular weight is 439 g/mol. The van der Waals surface area contributed by atoms with Crippen LogP contribution in [0, 0.1) is 10.8 Å². The highest BCUT2D eigenvalue weighted by atomic mass is 16.5. The summed E-state index contributed by atoms with van der Waals surface area (Å²) in [5, 5.41) is 13.3. The lowest BCUT2D eigenvalue weighted by Gasteiger charge is -2.46. The van der Waals surface area contributed by atoms with E-state index in [0.29, 0.717) is 12.8 Å². The predicted molar refractivity (Wildman–Crippen MR) is 124 cm³/mol. The minimum absolute atomic E-state index is 0.0661. The van der Waals surface area contributed by atoms with Crippen molar-refractivity contribution in [1.82, 2.24) is 10.3 Å². The highest BCUT2D eigenvalue weighted by Crippen LogP contribution is 2.47. The van der Waals surface area contributed by atoms with Crippen LogP contribution in [-0.2, 0) is 11.2 Å². The number of carbonyl (C=O) groups is 2. The highest BCUT2D eigenvalue weighted by Gasteiger charge is 2.45. The maximum atomic E-state index is 13.3. The first-order valence-electron chi connectivity index (χ1n) is 11.2. The third-order valence-corrected chi connectivity index (χ3v) is 6.41. The summed E-state index contributed by atoms with van der Waals surface area (Å²) in [7, 11) is 1.43. The summed E-state index contributed by atoms with van der Waals surface area (Å²) >= 11 is 0. The van der Waals surface area contributed by atoms with Crippen LogP contribution in [0.15, 0.2) is 42.6 Å². The molecule has 0 saturated heterocycles. The second kappa shape index (κ2) is 9.72. The third-order valence-electron chi connectivity index (χ3n) is 6.41. The summed E-state index contributed by atoms with van der Waals surface area (Å²) in [6.07, 6.45) is 5.79. The van der Waals surface area contributed by atoms with Crippen LogP contribution in [0.5, 0.6) is 11.5 Å². The zero-order valence-electron chi connectivity index (χ0n) is 19.5. The lowest BCUT2D eigenvalue weighted by atomic mass is 9.60. The Hall–Kier alpha value is -2.89. The van der Waals surface area contributed by atoms with Gasteiger partial charge < -0.3 is 15.2 Å². The van der Waals surface area contributed by atoms with E-state index < -0.39 is 11.3 Å². The average Bonchev–Trinajstić information content (AvgIpc) is 2.73. The van der Waals surface area contributed by atoms with Gasteiger partial charge in [-0.15, -0.1) is 0 Å². The number of amides is 1. The lowest BCUT2D eigenvalue weighted by molar-refractivity contribution is -0.132. The number of carbonyl (C=O) groups excluding carboxylic acids is 2. The first-order valence-corrected chi connectivity index (χ1v) is 11.2. The van der Waals surface area contributed by atoms with Crippen molar-refractivity contribution in [3.63, 3.8) is 0 Å². The molecular formula is C26H34N2O4. The number of ketones is 1. The molecule has 1 aromatic heterocycles. The number of aromatic hydroxyl groups is 1. The summed E-state index contributed by atoms with van der Waals surface area (Å²) in [6, 6.07) is 11.5. The summed E-state index contributed by atoms with van der Waals surface area (Å²) in [4.78, 5) is 30.1. The first-order chi connectivity index (χ1) is 15.1. The minimum atomic E-state index is -0.500. The van der Waals surface area contributed by atoms with Gasteiger partial charge >= 0.3 is 0 Å². The van der Waals surface area contributed by atoms with Crippen molar-refractivity contribution in [2.75, 3.05) is 7.11 Å². The van der Waals surface area contributed by atoms with Gasteiger partial charge in [0.25, 0.3) is 5.91 Å². The molecule has 2 aromatic rings. The molecule has 1 amide bonds. The maximum Gasteiger partial charge on any atom is 0.274 e. The van der Waals surface area contributed by atoms with Crippen LogP contribution in [-0.4, -0.2) is 34.9 Å². The fourth-order valence-corrected chi connectivity index (χ4v) is 5.22. The molecule has 6 heteroatoms. The van der Waals surface area contributed by atoms with Gasteiger partial charge in [-0.1, -0.05) is 51.1 Å². The monoisotopic (exact) mass is 438 g/mol. The number of benzene rings is 1. The Morgan fingerprint density at radius 3 is 2.56 bits per heavy atom. The number of aryl methyl sites for hydroxylation is 1. The number of hydrogen-bond acceptors (Lipinski definition) is 5. The van der Waals surface area contributed by atoms with Crippen LogP contribution in [0.1, 0.15) is 68.9 Å². The molecule has 2 atom stereocenters. The van der Waals surface area contributed by atoms with Crippen molar-refractivity contribution in [3.05, 3.63) is 53.9 Å². The first kappa shape index (κ1) is 23.8. The Kier molecular flexibility index (Phi) is 7.22. The fourth-order valence-electron chi connectivity index (χ4n) is 5.22. The molecule has 2 N–H and O–H groups in total. The second-order valence-corrected chi connectivity index (χ2v) is 9.95. The number of rotatable bonds is 8. The molecule has 172 valence electrons. The summed E-state index contributed by atoms with van der Waals surface area (Å²) in [5.74, 6) is -0.277. The Morgan fingerprint density at radius 1 is 1.16 bits per heavy atom. The van der Waals surface area contributed by atoms with Crippen LogP contribution in [0.2, 0.25) is 0 Å². The van der Waals surface area contributed by atoms with Crippen molar-refractivity contribution in [1.29, 1.82) is 0 Å². The summed E-state index contributed by atoms with van der Waals surface area (Å²) < 4.78 is 5.08. The number of methoxy groups -OCH3 is 1. The largest absolute Gasteiger partial charge is 0.503 e. The smallest absolute Gasteiger partial charge is 0.274 e. The molecule has 0 radical (unpaired) electrons. The fraction of sp³-hybridized carbons (Fsp3) is 0.500. The van der Waals surface area contributed by atoms with Crippen LogP contribution >= 0.6 is 0 Å². The van der Waals surface area contributed by atoms with Crippen molar-refractivity contribution in [3.8, 4) is 11.5 Å². The number of nitrogens with one attached hydrogen (secondary N) is 1. The second-order valence-electron chi connectivity index (χ2n) is 9.95. The SMILES string of the molecule is COc1ccnc(C(=O)NC2CC(C)(C)CC(C)(C(=O)CCCc3ccccc3)C2)c1O. The number of aromatic nitrogens is 1. The van der Waals surface area contributed by atoms with E-state index in [4.69, 9.17) is 4.74 Å². The lowest BCUT2D eigenvalue weighted by Crippen LogP contribution is -2.49. The van der Waals surface area contributed by atoms with Crippen molar-refractivity contribution in [2.45, 2.75) is 65.3 Å². The number of ether oxygens (including phenoxy) is 1. The van der Waals surface area contributed by atoms with Crippen LogP contribution in [0.3, 0.4) is 0 Å². The molecule has 6 nitrogen and oxygen atoms in total. The van der Waals surface area contributed by atoms with Gasteiger partial charge in [-0.3, -0.25) is 9.59 Å². The molecule has 32 heavy (non-hydrogen) atoms. The Bertz CT molecular complexity index is 958. The Labute approximate surface area is 190 Å². The van der Waals surface area contributed by atoms with Crippen LogP contribution < -0.4 is 10.1 Å². The molecule has 2 unspecified atom stereocenters. The number of nitrogens with zero attached hydrogens (tertiary/aromatic N) is 1. The van der Waals surface area contributed by atoms with E-state index in [1.807, 2.05) is 25.1 Å². The van der Waals surface area contributed by atoms with Gasteiger partial charge in [-0.2, -0.15) is 0 Å². The zero-order valence-corrected chi connectivity index (χ0v) is 19.5. The van der Waals surface area contributed by atoms with E-state index in [1.54, 1.807) is 0 Å². The van der Waals surface area contributed by atoms with E-state index in [-0.39, 0.29) is 34.4 Å². The Balaban J connectivity index is 1.67. The topological polar surface area (TPSA) is 88.5 Å². The van der Waals surface area contributed by atoms with Gasteiger partial charge in [0, 0.05) is 30.1 Å². The van der Waals surface area contributed by atoms with Gasteiger partial charge in [-0.25, -0.2) is 4.98 Å². The van der Waals surface area contributed by atoms with Gasteiger partial charge in [0.2, 0.25) is 0 Å². The zero-order chi connectivity index (χ0) is 23.4. The van der Waals surface area contributed by atoms with E-state index in [0.717, 1.165) is 25.7 Å². The van der Waals surface area contributed by atoms with Gasteiger partial charge in [-0.05, 0) is 43.1 Å². The molecule has 1 heterocycles. The molecule has 1 aliphatic carbocycles. The molecule has 0 spiro atoms. The van der Waals surface area contributed by atoms with E-state index in [9.17, 15) is 14.7 Å². The molecule has 1 saturated carbocycles. The van der Waals surface area contributed by atoms with Crippen molar-refractivity contribution in [2.24, 2.45) is 10.8 Å². The third kappa shape index (κ3) is 5.67. The molecule has 0 bridgehead atoms. The summed E-state index contributed by atoms with van der Waals surface area (Å²) in [6.45, 7) is 6.31. The number of hydrogen-bond donors (Lipinski definition) is 2. The molecular weight excluding hydrogens is 404 g/mol. The summed E-state index contributed by atoms with van der Waals surface area (Å²) in [5.41, 5.74) is 0.582. The maximum absolute atomic E-state index is 13.3. The predicted octanol–water partition coefficient (Wildman–Crippen LogP) is 4.70. The van der Waals surface area contributed by atoms with Gasteiger partial charge in [0.15, 0.2) is 17.2 Å².